The number of likely N-dealkylation sites (tertiary alicyclic amines) is 1. The molecule has 1 saturated heterocycles. The van der Waals surface area contributed by atoms with Crippen molar-refractivity contribution in [2.45, 2.75) is 23.9 Å². The molecule has 38 heavy (non-hydrogen) atoms. The average molecular weight is 523 g/mol. The number of methoxy groups -OCH3 is 4. The zero-order valence-corrected chi connectivity index (χ0v) is 21.3. The number of aliphatic imine (C=N–C) groups is 1. The molecular formula is C26H25N3O9. The van der Waals surface area contributed by atoms with E-state index in [0.29, 0.717) is 17.0 Å². The van der Waals surface area contributed by atoms with Crippen LogP contribution in [-0.2, 0) is 34.0 Å². The molecule has 3 aliphatic heterocycles. The van der Waals surface area contributed by atoms with E-state index in [1.807, 2.05) is 0 Å². The number of amidine groups is 1. The van der Waals surface area contributed by atoms with Crippen molar-refractivity contribution in [3.05, 3.63) is 59.2 Å². The molecule has 1 fully saturated rings. The van der Waals surface area contributed by atoms with Crippen LogP contribution in [0.25, 0.3) is 0 Å². The van der Waals surface area contributed by atoms with Gasteiger partial charge >= 0.3 is 17.9 Å². The summed E-state index contributed by atoms with van der Waals surface area (Å²) in [6.07, 6.45) is 1.32. The minimum atomic E-state index is -1.25. The molecule has 12 nitrogen and oxygen atoms in total. The normalized spacial score (nSPS) is 23.2. The third kappa shape index (κ3) is 3.25. The van der Waals surface area contributed by atoms with Crippen LogP contribution in [0.2, 0.25) is 0 Å². The van der Waals surface area contributed by atoms with Gasteiger partial charge in [-0.15, -0.1) is 0 Å². The van der Waals surface area contributed by atoms with E-state index in [9.17, 15) is 19.2 Å². The maximum absolute atomic E-state index is 13.8. The Morgan fingerprint density at radius 1 is 1.03 bits per heavy atom. The van der Waals surface area contributed by atoms with Crippen molar-refractivity contribution in [2.75, 3.05) is 40.4 Å². The number of hydrogen-bond acceptors (Lipinski definition) is 11. The maximum atomic E-state index is 13.8. The van der Waals surface area contributed by atoms with Crippen molar-refractivity contribution in [1.29, 1.82) is 0 Å². The summed E-state index contributed by atoms with van der Waals surface area (Å²) in [5.74, 6) is -2.52. The first-order valence-corrected chi connectivity index (χ1v) is 11.6. The predicted octanol–water partition coefficient (Wildman–Crippen LogP) is 1.44. The number of rotatable bonds is 5. The highest BCUT2D eigenvalue weighted by molar-refractivity contribution is 6.19. The van der Waals surface area contributed by atoms with Crippen molar-refractivity contribution in [3.63, 3.8) is 0 Å². The van der Waals surface area contributed by atoms with Crippen LogP contribution in [0.1, 0.15) is 22.5 Å². The Morgan fingerprint density at radius 2 is 1.76 bits per heavy atom. The van der Waals surface area contributed by atoms with Crippen LogP contribution in [0.15, 0.2) is 57.3 Å². The minimum absolute atomic E-state index is 0.00488. The largest absolute Gasteiger partial charge is 0.497 e. The summed E-state index contributed by atoms with van der Waals surface area (Å²) in [7, 11) is 6.82. The molecule has 1 spiro atoms. The molecule has 0 bridgehead atoms. The van der Waals surface area contributed by atoms with Gasteiger partial charge in [0.05, 0.1) is 51.7 Å². The number of hydrogen-bond donors (Lipinski definition) is 0. The summed E-state index contributed by atoms with van der Waals surface area (Å²) in [6, 6.07) is 6.28. The van der Waals surface area contributed by atoms with Crippen molar-refractivity contribution in [3.8, 4) is 5.75 Å². The number of ether oxygens (including phenoxy) is 4. The van der Waals surface area contributed by atoms with Gasteiger partial charge < -0.3 is 28.3 Å². The van der Waals surface area contributed by atoms with Crippen LogP contribution in [0, 0.1) is 0 Å². The maximum Gasteiger partial charge on any atom is 0.357 e. The Morgan fingerprint density at radius 3 is 2.37 bits per heavy atom. The Bertz CT molecular complexity index is 1410. The first-order chi connectivity index (χ1) is 18.2. The molecule has 3 atom stereocenters. The quantitative estimate of drug-likeness (QED) is 0.418. The Labute approximate surface area is 217 Å². The lowest BCUT2D eigenvalue weighted by Crippen LogP contribution is -2.55. The molecular weight excluding hydrogens is 498 g/mol. The SMILES string of the molecule is COC(=O)C1=C(C(=O)OC)[C@@H]2N(C)c3ccc(OC)cc3[C@@]23C[C@@H](C(=O)OC)N(C(=O)c2ccco2)C3=N1. The summed E-state index contributed by atoms with van der Waals surface area (Å²) in [5, 5.41) is 0. The van der Waals surface area contributed by atoms with Crippen molar-refractivity contribution >= 4 is 35.3 Å². The van der Waals surface area contributed by atoms with Gasteiger partial charge in [-0.05, 0) is 42.3 Å². The van der Waals surface area contributed by atoms with Crippen LogP contribution < -0.4 is 9.64 Å². The molecule has 1 aromatic carbocycles. The number of furan rings is 1. The standard InChI is InChI=1S/C26H25N3O9/c1-28-15-9-8-13(34-2)11-14(15)26-12-16(22(31)35-3)29(21(30)17-7-6-10-38-17)25(26)27-19(24(33)37-5)18(20(26)28)23(32)36-4/h6-11,16,20H,12H2,1-5H3/t16-,20-,26-/m0/s1. The van der Waals surface area contributed by atoms with Gasteiger partial charge in [0.15, 0.2) is 11.5 Å². The highest BCUT2D eigenvalue weighted by Crippen LogP contribution is 2.58. The lowest BCUT2D eigenvalue weighted by atomic mass is 9.69. The topological polar surface area (TPSA) is 137 Å². The van der Waals surface area contributed by atoms with E-state index in [-0.39, 0.29) is 29.3 Å². The zero-order chi connectivity index (χ0) is 27.4. The van der Waals surface area contributed by atoms with E-state index in [2.05, 4.69) is 4.99 Å². The Hall–Kier alpha value is -4.61. The summed E-state index contributed by atoms with van der Waals surface area (Å²) in [5.41, 5.74) is -0.300. The number of fused-ring (bicyclic) bond motifs is 1. The third-order valence-electron chi connectivity index (χ3n) is 7.33. The van der Waals surface area contributed by atoms with Gasteiger partial charge in [0.1, 0.15) is 17.6 Å². The monoisotopic (exact) mass is 523 g/mol. The van der Waals surface area contributed by atoms with Crippen molar-refractivity contribution < 1.29 is 42.5 Å². The fourth-order valence-corrected chi connectivity index (χ4v) is 5.78. The Balaban J connectivity index is 1.87. The van der Waals surface area contributed by atoms with E-state index < -0.39 is 41.3 Å². The van der Waals surface area contributed by atoms with Crippen LogP contribution in [0.5, 0.6) is 5.75 Å². The van der Waals surface area contributed by atoms with Crippen LogP contribution in [0.3, 0.4) is 0 Å². The third-order valence-corrected chi connectivity index (χ3v) is 7.33. The first-order valence-electron chi connectivity index (χ1n) is 11.6. The second kappa shape index (κ2) is 9.05. The van der Waals surface area contributed by atoms with E-state index in [1.165, 1.54) is 44.6 Å². The molecule has 0 N–H and O–H groups in total. The lowest BCUT2D eigenvalue weighted by Gasteiger charge is -2.39. The van der Waals surface area contributed by atoms with E-state index in [0.717, 1.165) is 7.11 Å². The number of amides is 1. The smallest absolute Gasteiger partial charge is 0.357 e. The summed E-state index contributed by atoms with van der Waals surface area (Å²) < 4.78 is 25.9. The number of carbonyl (C=O) groups is 4. The van der Waals surface area contributed by atoms with Gasteiger partial charge in [0, 0.05) is 12.7 Å². The van der Waals surface area contributed by atoms with Gasteiger partial charge in [0.2, 0.25) is 0 Å². The molecule has 0 saturated carbocycles. The van der Waals surface area contributed by atoms with E-state index >= 15 is 0 Å². The molecule has 0 radical (unpaired) electrons. The molecule has 4 heterocycles. The number of nitrogens with zero attached hydrogens (tertiary/aromatic N) is 3. The lowest BCUT2D eigenvalue weighted by molar-refractivity contribution is -0.144. The summed E-state index contributed by atoms with van der Waals surface area (Å²) >= 11 is 0. The second-order valence-corrected chi connectivity index (χ2v) is 8.94. The highest BCUT2D eigenvalue weighted by atomic mass is 16.5. The molecule has 12 heteroatoms. The van der Waals surface area contributed by atoms with Gasteiger partial charge in [-0.25, -0.2) is 19.4 Å². The molecule has 3 aliphatic rings. The average Bonchev–Trinajstić information content (AvgIpc) is 3.66. The van der Waals surface area contributed by atoms with E-state index in [1.54, 1.807) is 30.1 Å². The number of esters is 3. The van der Waals surface area contributed by atoms with Crippen LogP contribution >= 0.6 is 0 Å². The van der Waals surface area contributed by atoms with Crippen molar-refractivity contribution in [1.82, 2.24) is 4.90 Å². The van der Waals surface area contributed by atoms with Crippen LogP contribution in [0.4, 0.5) is 5.69 Å². The molecule has 0 unspecified atom stereocenters. The van der Waals surface area contributed by atoms with Gasteiger partial charge in [-0.2, -0.15) is 0 Å². The van der Waals surface area contributed by atoms with Crippen molar-refractivity contribution in [2.24, 2.45) is 4.99 Å². The highest BCUT2D eigenvalue weighted by Gasteiger charge is 2.67. The minimum Gasteiger partial charge on any atom is -0.497 e. The molecule has 0 aliphatic carbocycles. The predicted molar refractivity (Wildman–Crippen MR) is 131 cm³/mol. The van der Waals surface area contributed by atoms with Gasteiger partial charge in [-0.3, -0.25) is 9.69 Å². The summed E-state index contributed by atoms with van der Waals surface area (Å²) in [6.45, 7) is 0. The van der Waals surface area contributed by atoms with E-state index in [4.69, 9.17) is 23.4 Å². The second-order valence-electron chi connectivity index (χ2n) is 8.94. The molecule has 5 rings (SSSR count). The number of anilines is 1. The molecule has 1 amide bonds. The number of benzene rings is 1. The first kappa shape index (κ1) is 25.1. The molecule has 2 aromatic rings. The van der Waals surface area contributed by atoms with Gasteiger partial charge in [0.25, 0.3) is 5.91 Å². The Kier molecular flexibility index (Phi) is 5.97. The van der Waals surface area contributed by atoms with Crippen LogP contribution in [-0.4, -0.2) is 82.1 Å². The summed E-state index contributed by atoms with van der Waals surface area (Å²) in [4.78, 5) is 60.7. The number of carbonyl (C=O) groups excluding carboxylic acids is 4. The molecule has 198 valence electrons. The zero-order valence-electron chi connectivity index (χ0n) is 21.3. The fraction of sp³-hybridized carbons (Fsp3) is 0.346. The van der Waals surface area contributed by atoms with Gasteiger partial charge in [-0.1, -0.05) is 0 Å². The fourth-order valence-electron chi connectivity index (χ4n) is 5.78. The number of likely N-dealkylation sites (N-methyl/N-ethyl adjacent to an activating group) is 1. The molecule has 1 aromatic heterocycles.